The van der Waals surface area contributed by atoms with Gasteiger partial charge in [-0.25, -0.2) is 4.79 Å². The molecular weight excluding hydrogens is 270 g/mol. The number of hydrogen-bond acceptors (Lipinski definition) is 6. The summed E-state index contributed by atoms with van der Waals surface area (Å²) in [6.45, 7) is 2.18. The van der Waals surface area contributed by atoms with Gasteiger partial charge in [-0.15, -0.1) is 0 Å². The molecule has 104 valence electrons. The van der Waals surface area contributed by atoms with Crippen LogP contribution in [0.3, 0.4) is 0 Å². The highest BCUT2D eigenvalue weighted by atomic mass is 32.2. The van der Waals surface area contributed by atoms with Gasteiger partial charge >= 0.3 is 5.97 Å². The van der Waals surface area contributed by atoms with Crippen molar-refractivity contribution in [1.29, 1.82) is 0 Å². The van der Waals surface area contributed by atoms with Crippen LogP contribution in [0.5, 0.6) is 0 Å². The third kappa shape index (κ3) is 3.46. The smallest absolute Gasteiger partial charge is 0.327 e. The Morgan fingerprint density at radius 2 is 2.37 bits per heavy atom. The lowest BCUT2D eigenvalue weighted by atomic mass is 10.2. The molecule has 0 aromatic carbocycles. The Kier molecular flexibility index (Phi) is 4.41. The Labute approximate surface area is 114 Å². The van der Waals surface area contributed by atoms with Crippen LogP contribution in [0.2, 0.25) is 0 Å². The first kappa shape index (κ1) is 13.9. The monoisotopic (exact) mass is 285 g/mol. The van der Waals surface area contributed by atoms with Crippen LogP contribution < -0.4 is 0 Å². The highest BCUT2D eigenvalue weighted by molar-refractivity contribution is 7.99. The lowest BCUT2D eigenvalue weighted by Crippen LogP contribution is -2.50. The molecule has 8 heteroatoms. The van der Waals surface area contributed by atoms with Crippen molar-refractivity contribution in [2.24, 2.45) is 0 Å². The van der Waals surface area contributed by atoms with E-state index in [2.05, 4.69) is 10.1 Å². The van der Waals surface area contributed by atoms with E-state index >= 15 is 0 Å². The van der Waals surface area contributed by atoms with Gasteiger partial charge in [0.25, 0.3) is 0 Å². The number of hydrogen-bond donors (Lipinski definition) is 1. The van der Waals surface area contributed by atoms with Crippen molar-refractivity contribution in [2.45, 2.75) is 25.8 Å². The van der Waals surface area contributed by atoms with Crippen molar-refractivity contribution in [2.75, 3.05) is 18.1 Å². The highest BCUT2D eigenvalue weighted by Gasteiger charge is 2.32. The zero-order valence-corrected chi connectivity index (χ0v) is 11.4. The SMILES string of the molecule is Cc1noc(CCC(=O)N2CCSCC2C(=O)O)n1. The van der Waals surface area contributed by atoms with Crippen LogP contribution in [-0.2, 0) is 16.0 Å². The molecule has 2 rings (SSSR count). The maximum atomic E-state index is 12.1. The molecule has 0 radical (unpaired) electrons. The summed E-state index contributed by atoms with van der Waals surface area (Å²) >= 11 is 1.55. The van der Waals surface area contributed by atoms with Gasteiger partial charge in [-0.1, -0.05) is 5.16 Å². The molecule has 2 heterocycles. The standard InChI is InChI=1S/C11H15N3O4S/c1-7-12-9(18-13-7)2-3-10(15)14-4-5-19-6-8(14)11(16)17/h8H,2-6H2,1H3,(H,16,17). The fraction of sp³-hybridized carbons (Fsp3) is 0.636. The van der Waals surface area contributed by atoms with Gasteiger partial charge in [-0.3, -0.25) is 4.79 Å². The molecule has 0 bridgehead atoms. The molecule has 0 saturated carbocycles. The summed E-state index contributed by atoms with van der Waals surface area (Å²) in [6.07, 6.45) is 0.533. The number of carbonyl (C=O) groups is 2. The van der Waals surface area contributed by atoms with E-state index in [4.69, 9.17) is 9.63 Å². The molecule has 1 N–H and O–H groups in total. The zero-order chi connectivity index (χ0) is 13.8. The summed E-state index contributed by atoms with van der Waals surface area (Å²) in [7, 11) is 0. The largest absolute Gasteiger partial charge is 0.480 e. The van der Waals surface area contributed by atoms with Gasteiger partial charge in [-0.05, 0) is 6.92 Å². The molecule has 1 aliphatic heterocycles. The summed E-state index contributed by atoms with van der Waals surface area (Å²) in [5, 5.41) is 12.7. The number of aromatic nitrogens is 2. The molecular formula is C11H15N3O4S. The molecule has 1 aromatic heterocycles. The zero-order valence-electron chi connectivity index (χ0n) is 10.5. The average molecular weight is 285 g/mol. The van der Waals surface area contributed by atoms with E-state index in [1.807, 2.05) is 0 Å². The third-order valence-corrected chi connectivity index (χ3v) is 3.88. The second-order valence-electron chi connectivity index (χ2n) is 4.25. The van der Waals surface area contributed by atoms with E-state index < -0.39 is 12.0 Å². The Morgan fingerprint density at radius 1 is 1.58 bits per heavy atom. The minimum absolute atomic E-state index is 0.177. The van der Waals surface area contributed by atoms with Gasteiger partial charge in [-0.2, -0.15) is 16.7 Å². The highest BCUT2D eigenvalue weighted by Crippen LogP contribution is 2.18. The van der Waals surface area contributed by atoms with E-state index in [9.17, 15) is 9.59 Å². The van der Waals surface area contributed by atoms with Crippen LogP contribution in [0, 0.1) is 6.92 Å². The molecule has 0 spiro atoms. The first-order chi connectivity index (χ1) is 9.08. The number of carbonyl (C=O) groups excluding carboxylic acids is 1. The van der Waals surface area contributed by atoms with Gasteiger partial charge in [0.2, 0.25) is 11.8 Å². The van der Waals surface area contributed by atoms with Crippen molar-refractivity contribution in [3.05, 3.63) is 11.7 Å². The van der Waals surface area contributed by atoms with Crippen LogP contribution in [0.25, 0.3) is 0 Å². The molecule has 7 nitrogen and oxygen atoms in total. The fourth-order valence-corrected chi connectivity index (χ4v) is 2.94. The number of carboxylic acids is 1. The predicted octanol–water partition coefficient (Wildman–Crippen LogP) is 0.339. The Morgan fingerprint density at radius 3 is 3.00 bits per heavy atom. The number of nitrogens with zero attached hydrogens (tertiary/aromatic N) is 3. The summed E-state index contributed by atoms with van der Waals surface area (Å²) in [4.78, 5) is 28.6. The normalized spacial score (nSPS) is 19.4. The maximum absolute atomic E-state index is 12.1. The van der Waals surface area contributed by atoms with E-state index in [0.717, 1.165) is 5.75 Å². The van der Waals surface area contributed by atoms with Gasteiger partial charge in [0, 0.05) is 30.9 Å². The molecule has 1 aromatic rings. The van der Waals surface area contributed by atoms with Gasteiger partial charge in [0.05, 0.1) is 0 Å². The minimum atomic E-state index is -0.950. The molecule has 1 aliphatic rings. The number of carboxylic acid groups (broad SMARTS) is 1. The Hall–Kier alpha value is -1.57. The molecule has 1 atom stereocenters. The molecule has 1 fully saturated rings. The lowest BCUT2D eigenvalue weighted by molar-refractivity contribution is -0.149. The van der Waals surface area contributed by atoms with Gasteiger partial charge < -0.3 is 14.5 Å². The first-order valence-corrected chi connectivity index (χ1v) is 7.12. The van der Waals surface area contributed by atoms with E-state index in [1.54, 1.807) is 18.7 Å². The van der Waals surface area contributed by atoms with Crippen molar-refractivity contribution < 1.29 is 19.2 Å². The number of aliphatic carboxylic acids is 1. The van der Waals surface area contributed by atoms with Gasteiger partial charge in [0.15, 0.2) is 5.82 Å². The number of amides is 1. The summed E-state index contributed by atoms with van der Waals surface area (Å²) in [5.41, 5.74) is 0. The summed E-state index contributed by atoms with van der Waals surface area (Å²) < 4.78 is 4.92. The molecule has 19 heavy (non-hydrogen) atoms. The number of rotatable bonds is 4. The summed E-state index contributed by atoms with van der Waals surface area (Å²) in [5.74, 6) is 1.03. The van der Waals surface area contributed by atoms with E-state index in [-0.39, 0.29) is 12.3 Å². The Balaban J connectivity index is 1.92. The van der Waals surface area contributed by atoms with Crippen LogP contribution >= 0.6 is 11.8 Å². The third-order valence-electron chi connectivity index (χ3n) is 2.86. The predicted molar refractivity (Wildman–Crippen MR) is 67.8 cm³/mol. The molecule has 1 unspecified atom stereocenters. The topological polar surface area (TPSA) is 96.5 Å². The number of aryl methyl sites for hydroxylation is 2. The fourth-order valence-electron chi connectivity index (χ4n) is 1.91. The summed E-state index contributed by atoms with van der Waals surface area (Å²) in [6, 6.07) is -0.726. The average Bonchev–Trinajstić information content (AvgIpc) is 2.81. The van der Waals surface area contributed by atoms with Crippen LogP contribution in [0.1, 0.15) is 18.1 Å². The van der Waals surface area contributed by atoms with Crippen molar-refractivity contribution >= 4 is 23.6 Å². The molecule has 0 aliphatic carbocycles. The van der Waals surface area contributed by atoms with Crippen molar-refractivity contribution in [1.82, 2.24) is 15.0 Å². The van der Waals surface area contributed by atoms with E-state index in [1.165, 1.54) is 4.90 Å². The van der Waals surface area contributed by atoms with Crippen LogP contribution in [0.15, 0.2) is 4.52 Å². The van der Waals surface area contributed by atoms with Crippen LogP contribution in [-0.4, -0.2) is 56.1 Å². The molecule has 1 amide bonds. The molecule has 1 saturated heterocycles. The maximum Gasteiger partial charge on any atom is 0.327 e. The van der Waals surface area contributed by atoms with Crippen molar-refractivity contribution in [3.63, 3.8) is 0 Å². The van der Waals surface area contributed by atoms with Gasteiger partial charge in [0.1, 0.15) is 6.04 Å². The second-order valence-corrected chi connectivity index (χ2v) is 5.40. The number of thioether (sulfide) groups is 1. The lowest BCUT2D eigenvalue weighted by Gasteiger charge is -2.32. The van der Waals surface area contributed by atoms with E-state index in [0.29, 0.717) is 30.4 Å². The Bertz CT molecular complexity index is 476. The van der Waals surface area contributed by atoms with Crippen LogP contribution in [0.4, 0.5) is 0 Å². The quantitative estimate of drug-likeness (QED) is 0.852. The second kappa shape index (κ2) is 6.05. The van der Waals surface area contributed by atoms with Crippen molar-refractivity contribution in [3.8, 4) is 0 Å². The first-order valence-electron chi connectivity index (χ1n) is 5.97. The minimum Gasteiger partial charge on any atom is -0.480 e.